The van der Waals surface area contributed by atoms with Crippen LogP contribution in [0.4, 0.5) is 4.79 Å². The summed E-state index contributed by atoms with van der Waals surface area (Å²) in [7, 11) is 3.56. The van der Waals surface area contributed by atoms with E-state index in [1.807, 2.05) is 16.2 Å². The zero-order chi connectivity index (χ0) is 17.3. The molecule has 0 aromatic carbocycles. The fraction of sp³-hybridized carbons (Fsp3) is 0.647. The van der Waals surface area contributed by atoms with Crippen LogP contribution >= 0.6 is 11.3 Å². The summed E-state index contributed by atoms with van der Waals surface area (Å²) >= 11 is 1.82. The third-order valence-corrected chi connectivity index (χ3v) is 5.78. The second-order valence-electron chi connectivity index (χ2n) is 7.28. The van der Waals surface area contributed by atoms with Gasteiger partial charge in [-0.1, -0.05) is 0 Å². The van der Waals surface area contributed by atoms with Gasteiger partial charge in [0, 0.05) is 75.0 Å². The molecule has 0 saturated carbocycles. The van der Waals surface area contributed by atoms with Crippen molar-refractivity contribution in [2.75, 3.05) is 46.8 Å². The van der Waals surface area contributed by atoms with Crippen molar-refractivity contribution in [3.63, 3.8) is 0 Å². The first-order valence-electron chi connectivity index (χ1n) is 8.37. The number of hydrogen-bond donors (Lipinski definition) is 1. The van der Waals surface area contributed by atoms with Crippen LogP contribution in [0.15, 0.2) is 12.1 Å². The summed E-state index contributed by atoms with van der Waals surface area (Å²) in [5, 5.41) is 2.97. The molecule has 2 aliphatic rings. The number of nitrogens with one attached hydrogen (secondary N) is 1. The standard InChI is InChI=1S/C17H26N4O2S/c1-13-4-5-14(24-13)9-20-6-7-21(16(23)19(2)3)12-17(11-20)8-15(22)18-10-17/h4-5H,6-12H2,1-3H3,(H,18,22)/t17-/m1/s1. The number of nitrogens with zero attached hydrogens (tertiary/aromatic N) is 3. The van der Waals surface area contributed by atoms with Crippen LogP contribution in [-0.4, -0.2) is 73.5 Å². The monoisotopic (exact) mass is 350 g/mol. The zero-order valence-corrected chi connectivity index (χ0v) is 15.5. The highest BCUT2D eigenvalue weighted by atomic mass is 32.1. The molecule has 132 valence electrons. The number of urea groups is 1. The highest BCUT2D eigenvalue weighted by molar-refractivity contribution is 7.11. The Hall–Kier alpha value is -1.60. The van der Waals surface area contributed by atoms with Gasteiger partial charge in [0.2, 0.25) is 5.91 Å². The molecule has 1 aromatic heterocycles. The third kappa shape index (κ3) is 3.72. The second-order valence-corrected chi connectivity index (χ2v) is 8.65. The average molecular weight is 350 g/mol. The van der Waals surface area contributed by atoms with Gasteiger partial charge in [0.25, 0.3) is 0 Å². The number of carbonyl (C=O) groups excluding carboxylic acids is 2. The molecule has 1 N–H and O–H groups in total. The SMILES string of the molecule is Cc1ccc(CN2CCN(C(=O)N(C)C)C[C@]3(CNC(=O)C3)C2)s1. The summed E-state index contributed by atoms with van der Waals surface area (Å²) in [6.45, 7) is 6.70. The van der Waals surface area contributed by atoms with Crippen molar-refractivity contribution in [1.29, 1.82) is 0 Å². The number of rotatable bonds is 2. The Morgan fingerprint density at radius 3 is 2.71 bits per heavy atom. The van der Waals surface area contributed by atoms with Crippen LogP contribution in [0, 0.1) is 12.3 Å². The van der Waals surface area contributed by atoms with Crippen LogP contribution < -0.4 is 5.32 Å². The largest absolute Gasteiger partial charge is 0.355 e. The van der Waals surface area contributed by atoms with Crippen molar-refractivity contribution in [3.05, 3.63) is 21.9 Å². The number of carbonyl (C=O) groups is 2. The molecule has 0 aliphatic carbocycles. The number of hydrogen-bond acceptors (Lipinski definition) is 4. The Bertz CT molecular complexity index is 630. The number of thiophene rings is 1. The molecule has 3 heterocycles. The Morgan fingerprint density at radius 1 is 1.33 bits per heavy atom. The Labute approximate surface area is 147 Å². The van der Waals surface area contributed by atoms with Gasteiger partial charge in [-0.05, 0) is 19.1 Å². The van der Waals surface area contributed by atoms with Gasteiger partial charge in [-0.2, -0.15) is 0 Å². The van der Waals surface area contributed by atoms with Crippen LogP contribution in [0.5, 0.6) is 0 Å². The zero-order valence-electron chi connectivity index (χ0n) is 14.7. The molecule has 2 aliphatic heterocycles. The lowest BCUT2D eigenvalue weighted by molar-refractivity contribution is -0.119. The van der Waals surface area contributed by atoms with E-state index in [1.165, 1.54) is 9.75 Å². The third-order valence-electron chi connectivity index (χ3n) is 4.80. The van der Waals surface area contributed by atoms with Gasteiger partial charge in [0.1, 0.15) is 0 Å². The molecule has 1 spiro atoms. The molecular weight excluding hydrogens is 324 g/mol. The summed E-state index contributed by atoms with van der Waals surface area (Å²) in [6, 6.07) is 4.36. The number of amides is 3. The Kier molecular flexibility index (Phi) is 4.83. The maximum absolute atomic E-state index is 12.5. The first-order chi connectivity index (χ1) is 11.4. The number of aryl methyl sites for hydroxylation is 1. The maximum Gasteiger partial charge on any atom is 0.319 e. The normalized spacial score (nSPS) is 25.0. The fourth-order valence-corrected chi connectivity index (χ4v) is 4.63. The summed E-state index contributed by atoms with van der Waals surface area (Å²) in [4.78, 5) is 32.9. The molecular formula is C17H26N4O2S. The van der Waals surface area contributed by atoms with Crippen LogP contribution in [0.3, 0.4) is 0 Å². The molecule has 2 saturated heterocycles. The van der Waals surface area contributed by atoms with Gasteiger partial charge >= 0.3 is 6.03 Å². The molecule has 2 fully saturated rings. The molecule has 0 unspecified atom stereocenters. The van der Waals surface area contributed by atoms with Crippen molar-refractivity contribution in [2.24, 2.45) is 5.41 Å². The lowest BCUT2D eigenvalue weighted by Crippen LogP contribution is -2.46. The quantitative estimate of drug-likeness (QED) is 0.876. The van der Waals surface area contributed by atoms with Crippen molar-refractivity contribution in [2.45, 2.75) is 19.9 Å². The van der Waals surface area contributed by atoms with Gasteiger partial charge in [-0.3, -0.25) is 9.69 Å². The van der Waals surface area contributed by atoms with Crippen molar-refractivity contribution < 1.29 is 9.59 Å². The molecule has 0 radical (unpaired) electrons. The van der Waals surface area contributed by atoms with E-state index in [2.05, 4.69) is 29.3 Å². The first kappa shape index (κ1) is 17.2. The molecule has 24 heavy (non-hydrogen) atoms. The van der Waals surface area contributed by atoms with Gasteiger partial charge in [-0.25, -0.2) is 4.79 Å². The second kappa shape index (κ2) is 6.72. The minimum absolute atomic E-state index is 0.0301. The van der Waals surface area contributed by atoms with Crippen LogP contribution in [0.1, 0.15) is 16.2 Å². The minimum Gasteiger partial charge on any atom is -0.355 e. The lowest BCUT2D eigenvalue weighted by atomic mass is 9.86. The molecule has 7 heteroatoms. The van der Waals surface area contributed by atoms with E-state index in [0.717, 1.165) is 19.6 Å². The van der Waals surface area contributed by atoms with Gasteiger partial charge in [0.05, 0.1) is 0 Å². The first-order valence-corrected chi connectivity index (χ1v) is 9.19. The van der Waals surface area contributed by atoms with Gasteiger partial charge < -0.3 is 15.1 Å². The topological polar surface area (TPSA) is 55.9 Å². The van der Waals surface area contributed by atoms with E-state index >= 15 is 0 Å². The highest BCUT2D eigenvalue weighted by Gasteiger charge is 2.44. The average Bonchev–Trinajstić information content (AvgIpc) is 3.02. The Morgan fingerprint density at radius 2 is 2.12 bits per heavy atom. The minimum atomic E-state index is -0.175. The highest BCUT2D eigenvalue weighted by Crippen LogP contribution is 2.32. The van der Waals surface area contributed by atoms with Crippen molar-refractivity contribution in [1.82, 2.24) is 20.0 Å². The van der Waals surface area contributed by atoms with Crippen molar-refractivity contribution >= 4 is 23.3 Å². The maximum atomic E-state index is 12.5. The van der Waals surface area contributed by atoms with Crippen LogP contribution in [0.25, 0.3) is 0 Å². The van der Waals surface area contributed by atoms with E-state index in [0.29, 0.717) is 26.1 Å². The summed E-state index contributed by atoms with van der Waals surface area (Å²) in [5.74, 6) is 0.0982. The van der Waals surface area contributed by atoms with E-state index in [4.69, 9.17) is 0 Å². The molecule has 3 rings (SSSR count). The van der Waals surface area contributed by atoms with E-state index in [9.17, 15) is 9.59 Å². The smallest absolute Gasteiger partial charge is 0.319 e. The summed E-state index contributed by atoms with van der Waals surface area (Å²) in [5.41, 5.74) is -0.175. The molecule has 3 amide bonds. The van der Waals surface area contributed by atoms with E-state index < -0.39 is 0 Å². The Balaban J connectivity index is 1.78. The van der Waals surface area contributed by atoms with Crippen LogP contribution in [0.2, 0.25) is 0 Å². The van der Waals surface area contributed by atoms with E-state index in [-0.39, 0.29) is 17.4 Å². The van der Waals surface area contributed by atoms with Crippen molar-refractivity contribution in [3.8, 4) is 0 Å². The predicted molar refractivity (Wildman–Crippen MR) is 95.0 cm³/mol. The van der Waals surface area contributed by atoms with Gasteiger partial charge in [-0.15, -0.1) is 11.3 Å². The van der Waals surface area contributed by atoms with E-state index in [1.54, 1.807) is 19.0 Å². The van der Waals surface area contributed by atoms with Crippen LogP contribution in [-0.2, 0) is 11.3 Å². The lowest BCUT2D eigenvalue weighted by Gasteiger charge is -2.33. The molecule has 6 nitrogen and oxygen atoms in total. The molecule has 1 atom stereocenters. The van der Waals surface area contributed by atoms with Gasteiger partial charge in [0.15, 0.2) is 0 Å². The predicted octanol–water partition coefficient (Wildman–Crippen LogP) is 1.36. The molecule has 1 aromatic rings. The fourth-order valence-electron chi connectivity index (χ4n) is 3.70. The summed E-state index contributed by atoms with van der Waals surface area (Å²) in [6.07, 6.45) is 0.504. The molecule has 0 bridgehead atoms. The summed E-state index contributed by atoms with van der Waals surface area (Å²) < 4.78 is 0.